The molecule has 0 amide bonds. The summed E-state index contributed by atoms with van der Waals surface area (Å²) >= 11 is 5.55. The number of nitrogens with two attached hydrogens (primary N) is 1. The summed E-state index contributed by atoms with van der Waals surface area (Å²) in [6.45, 7) is 1.52. The molecule has 0 bridgehead atoms. The van der Waals surface area contributed by atoms with E-state index in [-0.39, 0.29) is 22.1 Å². The number of carbonyl (C=O) groups excluding carboxylic acids is 1. The van der Waals surface area contributed by atoms with Crippen LogP contribution in [-0.2, 0) is 0 Å². The number of halogens is 2. The second-order valence-corrected chi connectivity index (χ2v) is 3.50. The highest BCUT2D eigenvalue weighted by Gasteiger charge is 2.20. The average Bonchev–Trinajstić information content (AvgIpc) is 2.20. The van der Waals surface area contributed by atoms with Gasteiger partial charge in [-0.15, -0.1) is 0 Å². The smallest absolute Gasteiger partial charge is 0.184 e. The molecule has 0 aromatic heterocycles. The summed E-state index contributed by atoms with van der Waals surface area (Å²) in [7, 11) is 1.27. The number of carbonyl (C=O) groups is 1. The lowest BCUT2D eigenvalue weighted by molar-refractivity contribution is 0.0964. The zero-order valence-corrected chi connectivity index (χ0v) is 9.14. The first-order valence-corrected chi connectivity index (χ1v) is 4.68. The number of benzene rings is 1. The molecular weight excluding hydrogens is 221 g/mol. The van der Waals surface area contributed by atoms with Crippen molar-refractivity contribution in [3.05, 3.63) is 28.5 Å². The minimum absolute atomic E-state index is 0.0897. The first-order valence-electron chi connectivity index (χ1n) is 4.30. The molecule has 0 radical (unpaired) electrons. The van der Waals surface area contributed by atoms with Gasteiger partial charge < -0.3 is 10.5 Å². The maximum absolute atomic E-state index is 13.4. The normalized spacial score (nSPS) is 12.3. The fourth-order valence-corrected chi connectivity index (χ4v) is 1.32. The highest BCUT2D eigenvalue weighted by atomic mass is 35.5. The number of methoxy groups -OCH3 is 1. The minimum Gasteiger partial charge on any atom is -0.493 e. The van der Waals surface area contributed by atoms with Gasteiger partial charge in [0.25, 0.3) is 0 Å². The van der Waals surface area contributed by atoms with Crippen LogP contribution in [0.2, 0.25) is 5.02 Å². The molecule has 15 heavy (non-hydrogen) atoms. The van der Waals surface area contributed by atoms with Crippen molar-refractivity contribution in [3.8, 4) is 5.75 Å². The Morgan fingerprint density at radius 1 is 1.60 bits per heavy atom. The van der Waals surface area contributed by atoms with Crippen molar-refractivity contribution < 1.29 is 13.9 Å². The van der Waals surface area contributed by atoms with Crippen molar-refractivity contribution in [2.24, 2.45) is 5.73 Å². The molecule has 0 aliphatic heterocycles. The minimum atomic E-state index is -0.745. The van der Waals surface area contributed by atoms with Gasteiger partial charge in [-0.3, -0.25) is 4.79 Å². The highest BCUT2D eigenvalue weighted by molar-refractivity contribution is 6.31. The number of hydrogen-bond donors (Lipinski definition) is 1. The molecule has 0 fully saturated rings. The van der Waals surface area contributed by atoms with Crippen LogP contribution < -0.4 is 10.5 Å². The molecule has 0 heterocycles. The molecule has 0 aliphatic rings. The van der Waals surface area contributed by atoms with E-state index in [0.29, 0.717) is 0 Å². The fourth-order valence-electron chi connectivity index (χ4n) is 1.17. The van der Waals surface area contributed by atoms with Crippen molar-refractivity contribution in [1.29, 1.82) is 0 Å². The molecule has 1 aromatic rings. The van der Waals surface area contributed by atoms with Crippen LogP contribution in [0.1, 0.15) is 17.3 Å². The Kier molecular flexibility index (Phi) is 3.66. The van der Waals surface area contributed by atoms with Gasteiger partial charge in [-0.25, -0.2) is 4.39 Å². The monoisotopic (exact) mass is 231 g/mol. The Labute approximate surface area is 92.0 Å². The van der Waals surface area contributed by atoms with Crippen LogP contribution in [0.3, 0.4) is 0 Å². The summed E-state index contributed by atoms with van der Waals surface area (Å²) in [4.78, 5) is 11.6. The van der Waals surface area contributed by atoms with Crippen LogP contribution in [0.25, 0.3) is 0 Å². The maximum Gasteiger partial charge on any atom is 0.184 e. The molecule has 5 heteroatoms. The van der Waals surface area contributed by atoms with E-state index in [9.17, 15) is 9.18 Å². The van der Waals surface area contributed by atoms with Gasteiger partial charge in [0, 0.05) is 0 Å². The van der Waals surface area contributed by atoms with E-state index in [4.69, 9.17) is 22.1 Å². The molecular formula is C10H11ClFNO2. The molecule has 3 nitrogen and oxygen atoms in total. The van der Waals surface area contributed by atoms with Crippen molar-refractivity contribution in [1.82, 2.24) is 0 Å². The molecule has 0 saturated heterocycles. The molecule has 0 spiro atoms. The summed E-state index contributed by atoms with van der Waals surface area (Å²) < 4.78 is 18.2. The third-order valence-electron chi connectivity index (χ3n) is 1.93. The van der Waals surface area contributed by atoms with E-state index in [1.54, 1.807) is 0 Å². The van der Waals surface area contributed by atoms with Crippen LogP contribution in [0.15, 0.2) is 12.1 Å². The van der Waals surface area contributed by atoms with E-state index in [0.717, 1.165) is 0 Å². The molecule has 1 atom stereocenters. The first kappa shape index (κ1) is 11.9. The van der Waals surface area contributed by atoms with Crippen LogP contribution >= 0.6 is 11.6 Å². The lowest BCUT2D eigenvalue weighted by Crippen LogP contribution is -2.27. The SMILES string of the molecule is COc1c(C(=O)C(C)N)ccc(Cl)c1F. The largest absolute Gasteiger partial charge is 0.493 e. The quantitative estimate of drug-likeness (QED) is 0.810. The number of rotatable bonds is 3. The van der Waals surface area contributed by atoms with Gasteiger partial charge in [-0.05, 0) is 19.1 Å². The maximum atomic E-state index is 13.4. The molecule has 0 saturated carbocycles. The number of ketones is 1. The lowest BCUT2D eigenvalue weighted by Gasteiger charge is -2.11. The topological polar surface area (TPSA) is 52.3 Å². The summed E-state index contributed by atoms with van der Waals surface area (Å²) in [5, 5.41) is -0.0897. The summed E-state index contributed by atoms with van der Waals surface area (Å²) in [5.41, 5.74) is 5.53. The Morgan fingerprint density at radius 3 is 2.67 bits per heavy atom. The van der Waals surface area contributed by atoms with E-state index in [2.05, 4.69) is 0 Å². The van der Waals surface area contributed by atoms with Crippen molar-refractivity contribution in [3.63, 3.8) is 0 Å². The Hall–Kier alpha value is -1.13. The van der Waals surface area contributed by atoms with Gasteiger partial charge >= 0.3 is 0 Å². The van der Waals surface area contributed by atoms with Crippen LogP contribution in [0.5, 0.6) is 5.75 Å². The van der Waals surface area contributed by atoms with Crippen LogP contribution in [0, 0.1) is 5.82 Å². The predicted molar refractivity (Wildman–Crippen MR) is 55.9 cm³/mol. The molecule has 0 aliphatic carbocycles. The van der Waals surface area contributed by atoms with Crippen molar-refractivity contribution in [2.75, 3.05) is 7.11 Å². The van der Waals surface area contributed by atoms with Crippen LogP contribution in [-0.4, -0.2) is 18.9 Å². The highest BCUT2D eigenvalue weighted by Crippen LogP contribution is 2.29. The summed E-state index contributed by atoms with van der Waals surface area (Å²) in [6, 6.07) is 1.99. The first-order chi connectivity index (χ1) is 6.99. The van der Waals surface area contributed by atoms with Gasteiger partial charge in [0.1, 0.15) is 0 Å². The van der Waals surface area contributed by atoms with E-state index in [1.165, 1.54) is 26.2 Å². The van der Waals surface area contributed by atoms with Crippen molar-refractivity contribution in [2.45, 2.75) is 13.0 Å². The predicted octanol–water partition coefficient (Wildman–Crippen LogP) is 2.02. The summed E-state index contributed by atoms with van der Waals surface area (Å²) in [6.07, 6.45) is 0. The fraction of sp³-hybridized carbons (Fsp3) is 0.300. The Bertz CT molecular complexity index is 393. The standard InChI is InChI=1S/C10H11ClFNO2/c1-5(13)9(14)6-3-4-7(11)8(12)10(6)15-2/h3-5H,13H2,1-2H3. The Balaban J connectivity index is 3.31. The zero-order valence-electron chi connectivity index (χ0n) is 8.38. The van der Waals surface area contributed by atoms with Gasteiger partial charge in [0.15, 0.2) is 17.3 Å². The third kappa shape index (κ3) is 2.27. The second kappa shape index (κ2) is 4.59. The zero-order chi connectivity index (χ0) is 11.6. The second-order valence-electron chi connectivity index (χ2n) is 3.10. The van der Waals surface area contributed by atoms with Crippen molar-refractivity contribution >= 4 is 17.4 Å². The average molecular weight is 232 g/mol. The molecule has 1 aromatic carbocycles. The lowest BCUT2D eigenvalue weighted by atomic mass is 10.0. The Morgan fingerprint density at radius 2 is 2.20 bits per heavy atom. The molecule has 82 valence electrons. The van der Waals surface area contributed by atoms with E-state index >= 15 is 0 Å². The number of Topliss-reactive ketones (excluding diaryl/α,β-unsaturated/α-hetero) is 1. The van der Waals surface area contributed by atoms with Gasteiger partial charge in [0.2, 0.25) is 0 Å². The molecule has 1 rings (SSSR count). The number of ether oxygens (including phenoxy) is 1. The van der Waals surface area contributed by atoms with Gasteiger partial charge in [0.05, 0.1) is 23.7 Å². The van der Waals surface area contributed by atoms with E-state index < -0.39 is 11.9 Å². The number of hydrogen-bond acceptors (Lipinski definition) is 3. The molecule has 2 N–H and O–H groups in total. The summed E-state index contributed by atoms with van der Waals surface area (Å²) in [5.74, 6) is -1.29. The van der Waals surface area contributed by atoms with Gasteiger partial charge in [-0.2, -0.15) is 0 Å². The van der Waals surface area contributed by atoms with E-state index in [1.807, 2.05) is 0 Å². The van der Waals surface area contributed by atoms with Gasteiger partial charge in [-0.1, -0.05) is 11.6 Å². The third-order valence-corrected chi connectivity index (χ3v) is 2.23. The molecule has 1 unspecified atom stereocenters. The van der Waals surface area contributed by atoms with Crippen LogP contribution in [0.4, 0.5) is 4.39 Å².